The summed E-state index contributed by atoms with van der Waals surface area (Å²) in [6.07, 6.45) is 3.22. The van der Waals surface area contributed by atoms with Gasteiger partial charge in [0.1, 0.15) is 17.3 Å². The van der Waals surface area contributed by atoms with Gasteiger partial charge >= 0.3 is 5.97 Å². The van der Waals surface area contributed by atoms with Crippen LogP contribution in [-0.4, -0.2) is 23.1 Å². The van der Waals surface area contributed by atoms with E-state index >= 15 is 0 Å². The molecule has 15 heavy (non-hydrogen) atoms. The molecule has 0 amide bonds. The summed E-state index contributed by atoms with van der Waals surface area (Å²) in [6, 6.07) is 0. The number of ether oxygens (including phenoxy) is 1. The summed E-state index contributed by atoms with van der Waals surface area (Å²) in [7, 11) is 0. The summed E-state index contributed by atoms with van der Waals surface area (Å²) < 4.78 is 5.18. The Bertz CT molecular complexity index is 382. The second kappa shape index (κ2) is 3.02. The summed E-state index contributed by atoms with van der Waals surface area (Å²) in [5.41, 5.74) is -0.776. The number of hydrogen-bond donors (Lipinski definition) is 0. The van der Waals surface area contributed by atoms with Crippen LogP contribution in [0.5, 0.6) is 0 Å². The van der Waals surface area contributed by atoms with Crippen molar-refractivity contribution in [2.24, 2.45) is 11.8 Å². The van der Waals surface area contributed by atoms with Crippen molar-refractivity contribution in [3.63, 3.8) is 0 Å². The van der Waals surface area contributed by atoms with E-state index in [2.05, 4.69) is 0 Å². The number of esters is 1. The molecule has 0 radical (unpaired) electrons. The minimum Gasteiger partial charge on any atom is -0.454 e. The van der Waals surface area contributed by atoms with Crippen LogP contribution in [0.15, 0.2) is 12.2 Å². The van der Waals surface area contributed by atoms with E-state index in [1.54, 1.807) is 13.0 Å². The average Bonchev–Trinajstić information content (AvgIpc) is 2.36. The quantitative estimate of drug-likeness (QED) is 0.469. The van der Waals surface area contributed by atoms with Gasteiger partial charge < -0.3 is 4.74 Å². The third-order valence-corrected chi connectivity index (χ3v) is 3.17. The fourth-order valence-electron chi connectivity index (χ4n) is 2.32. The number of carbonyl (C=O) groups excluding carboxylic acids is 3. The maximum atomic E-state index is 11.5. The van der Waals surface area contributed by atoms with Gasteiger partial charge in [-0.15, -0.1) is 0 Å². The van der Waals surface area contributed by atoms with Crippen molar-refractivity contribution < 1.29 is 19.1 Å². The smallest absolute Gasteiger partial charge is 0.317 e. The van der Waals surface area contributed by atoms with Crippen LogP contribution < -0.4 is 0 Å². The molecule has 4 heteroatoms. The Morgan fingerprint density at radius 2 is 2.20 bits per heavy atom. The first-order chi connectivity index (χ1) is 6.94. The number of carbonyl (C=O) groups is 3. The Morgan fingerprint density at radius 1 is 1.53 bits per heavy atom. The highest BCUT2D eigenvalue weighted by molar-refractivity contribution is 6.02. The third kappa shape index (κ3) is 1.40. The summed E-state index contributed by atoms with van der Waals surface area (Å²) >= 11 is 0. The van der Waals surface area contributed by atoms with Crippen LogP contribution in [-0.2, 0) is 19.1 Å². The van der Waals surface area contributed by atoms with E-state index in [9.17, 15) is 14.4 Å². The SMILES string of the molecule is CC(=O)[C@H]1C(=O)O[C@]2(C)C=CC(=O)C[C@H]12. The first-order valence-corrected chi connectivity index (χ1v) is 4.89. The maximum Gasteiger partial charge on any atom is 0.317 e. The zero-order valence-electron chi connectivity index (χ0n) is 8.65. The highest BCUT2D eigenvalue weighted by Gasteiger charge is 2.55. The molecule has 1 fully saturated rings. The van der Waals surface area contributed by atoms with Crippen LogP contribution in [0, 0.1) is 11.8 Å². The van der Waals surface area contributed by atoms with Gasteiger partial charge in [0.15, 0.2) is 5.78 Å². The largest absolute Gasteiger partial charge is 0.454 e. The number of Topliss-reactive ketones (excluding diaryl/α,β-unsaturated/α-hetero) is 1. The Morgan fingerprint density at radius 3 is 2.80 bits per heavy atom. The lowest BCUT2D eigenvalue weighted by atomic mass is 9.74. The van der Waals surface area contributed by atoms with E-state index in [1.807, 2.05) is 0 Å². The van der Waals surface area contributed by atoms with Gasteiger partial charge in [0.25, 0.3) is 0 Å². The van der Waals surface area contributed by atoms with E-state index in [0.717, 1.165) is 0 Å². The number of allylic oxidation sites excluding steroid dienone is 1. The van der Waals surface area contributed by atoms with Crippen LogP contribution in [0.3, 0.4) is 0 Å². The molecule has 1 aliphatic heterocycles. The first kappa shape index (κ1) is 10.1. The van der Waals surface area contributed by atoms with Crippen molar-refractivity contribution >= 4 is 17.5 Å². The van der Waals surface area contributed by atoms with Crippen LogP contribution in [0.25, 0.3) is 0 Å². The Balaban J connectivity index is 2.41. The molecule has 1 aliphatic carbocycles. The second-order valence-corrected chi connectivity index (χ2v) is 4.30. The summed E-state index contributed by atoms with van der Waals surface area (Å²) in [5, 5.41) is 0. The van der Waals surface area contributed by atoms with Crippen molar-refractivity contribution in [3.8, 4) is 0 Å². The third-order valence-electron chi connectivity index (χ3n) is 3.17. The van der Waals surface area contributed by atoms with Crippen LogP contribution in [0.4, 0.5) is 0 Å². The second-order valence-electron chi connectivity index (χ2n) is 4.30. The molecule has 0 N–H and O–H groups in total. The van der Waals surface area contributed by atoms with Crippen molar-refractivity contribution in [2.75, 3.05) is 0 Å². The van der Waals surface area contributed by atoms with E-state index in [-0.39, 0.29) is 23.9 Å². The van der Waals surface area contributed by atoms with Gasteiger partial charge in [0.05, 0.1) is 0 Å². The molecule has 0 aromatic heterocycles. The molecule has 2 rings (SSSR count). The minimum absolute atomic E-state index is 0.0537. The lowest BCUT2D eigenvalue weighted by molar-refractivity contribution is -0.148. The number of ketones is 2. The molecule has 2 aliphatic rings. The van der Waals surface area contributed by atoms with Crippen LogP contribution in [0.1, 0.15) is 20.3 Å². The van der Waals surface area contributed by atoms with E-state index in [0.29, 0.717) is 0 Å². The molecule has 4 nitrogen and oxygen atoms in total. The van der Waals surface area contributed by atoms with Gasteiger partial charge in [0.2, 0.25) is 0 Å². The van der Waals surface area contributed by atoms with Crippen molar-refractivity contribution in [2.45, 2.75) is 25.9 Å². The molecule has 0 aromatic rings. The first-order valence-electron chi connectivity index (χ1n) is 4.89. The lowest BCUT2D eigenvalue weighted by Gasteiger charge is -2.29. The van der Waals surface area contributed by atoms with Gasteiger partial charge in [-0.2, -0.15) is 0 Å². The van der Waals surface area contributed by atoms with Crippen LogP contribution >= 0.6 is 0 Å². The molecular formula is C11H12O4. The Kier molecular flexibility index (Phi) is 2.03. The Hall–Kier alpha value is -1.45. The summed E-state index contributed by atoms with van der Waals surface area (Å²) in [4.78, 5) is 34.1. The molecule has 0 saturated carbocycles. The number of fused-ring (bicyclic) bond motifs is 1. The molecule has 0 aromatic carbocycles. The van der Waals surface area contributed by atoms with Gasteiger partial charge in [-0.05, 0) is 26.0 Å². The molecule has 0 spiro atoms. The zero-order valence-corrected chi connectivity index (χ0v) is 8.65. The maximum absolute atomic E-state index is 11.5. The van der Waals surface area contributed by atoms with E-state index in [1.165, 1.54) is 13.0 Å². The molecule has 0 unspecified atom stereocenters. The van der Waals surface area contributed by atoms with Gasteiger partial charge in [-0.3, -0.25) is 14.4 Å². The molecule has 80 valence electrons. The molecular weight excluding hydrogens is 196 g/mol. The molecule has 3 atom stereocenters. The number of hydrogen-bond acceptors (Lipinski definition) is 4. The fraction of sp³-hybridized carbons (Fsp3) is 0.545. The van der Waals surface area contributed by atoms with E-state index in [4.69, 9.17) is 4.74 Å². The monoisotopic (exact) mass is 208 g/mol. The lowest BCUT2D eigenvalue weighted by Crippen LogP contribution is -2.37. The Labute approximate surface area is 87.3 Å². The molecule has 0 bridgehead atoms. The van der Waals surface area contributed by atoms with E-state index < -0.39 is 17.5 Å². The average molecular weight is 208 g/mol. The van der Waals surface area contributed by atoms with Gasteiger partial charge in [0, 0.05) is 12.3 Å². The van der Waals surface area contributed by atoms with Crippen molar-refractivity contribution in [1.29, 1.82) is 0 Å². The predicted octanol–water partition coefficient (Wildman–Crippen LogP) is 0.652. The molecule has 1 heterocycles. The summed E-state index contributed by atoms with van der Waals surface area (Å²) in [5.74, 6) is -1.89. The number of rotatable bonds is 1. The minimum atomic E-state index is -0.776. The van der Waals surface area contributed by atoms with Crippen molar-refractivity contribution in [1.82, 2.24) is 0 Å². The van der Waals surface area contributed by atoms with Gasteiger partial charge in [-0.25, -0.2) is 0 Å². The molecule has 1 saturated heterocycles. The normalized spacial score (nSPS) is 38.8. The van der Waals surface area contributed by atoms with Gasteiger partial charge in [-0.1, -0.05) is 0 Å². The highest BCUT2D eigenvalue weighted by Crippen LogP contribution is 2.43. The topological polar surface area (TPSA) is 60.4 Å². The fourth-order valence-corrected chi connectivity index (χ4v) is 2.32. The van der Waals surface area contributed by atoms with Crippen molar-refractivity contribution in [3.05, 3.63) is 12.2 Å². The standard InChI is InChI=1S/C11H12O4/c1-6(12)9-8-5-7(13)3-4-11(8,2)15-10(9)14/h3-4,8-9H,5H2,1-2H3/t8-,9-,11-/m1/s1. The van der Waals surface area contributed by atoms with Crippen LogP contribution in [0.2, 0.25) is 0 Å². The predicted molar refractivity (Wildman–Crippen MR) is 50.9 cm³/mol. The highest BCUT2D eigenvalue weighted by atomic mass is 16.6. The zero-order chi connectivity index (χ0) is 11.2. The summed E-state index contributed by atoms with van der Waals surface area (Å²) in [6.45, 7) is 3.10.